The Bertz CT molecular complexity index is 1880. The molecule has 3 N–H and O–H groups in total. The van der Waals surface area contributed by atoms with E-state index in [1.54, 1.807) is 24.4 Å². The number of carboxylic acid groups (broad SMARTS) is 1. The van der Waals surface area contributed by atoms with Gasteiger partial charge in [0.1, 0.15) is 42.6 Å². The van der Waals surface area contributed by atoms with E-state index >= 15 is 0 Å². The summed E-state index contributed by atoms with van der Waals surface area (Å²) in [4.78, 5) is 18.2. The third-order valence-corrected chi connectivity index (χ3v) is 9.67. The van der Waals surface area contributed by atoms with Crippen LogP contribution in [0.15, 0.2) is 67.0 Å². The Morgan fingerprint density at radius 2 is 1.79 bits per heavy atom. The number of aliphatic hydroxyl groups is 1. The normalized spacial score (nSPS) is 14.9. The number of likely N-dealkylation sites (tertiary alicyclic amines) is 1. The number of aliphatic hydroxyl groups excluding tert-OH is 1. The molecule has 0 radical (unpaired) electrons. The monoisotopic (exact) mass is 726 g/mol. The van der Waals surface area contributed by atoms with Gasteiger partial charge in [0, 0.05) is 55.8 Å². The molecule has 2 heterocycles. The van der Waals surface area contributed by atoms with Gasteiger partial charge in [0.25, 0.3) is 0 Å². The predicted octanol–water partition coefficient (Wildman–Crippen LogP) is 7.23. The fraction of sp³-hybridized carbons (Fsp3) is 0.390. The number of hydrogen-bond acceptors (Lipinski definition) is 9. The third-order valence-electron chi connectivity index (χ3n) is 9.37. The molecule has 1 aliphatic heterocycles. The minimum atomic E-state index is -0.919. The number of carbonyl (C=O) groups is 1. The molecule has 11 heteroatoms. The van der Waals surface area contributed by atoms with E-state index in [0.29, 0.717) is 52.7 Å². The summed E-state index contributed by atoms with van der Waals surface area (Å²) in [5.41, 5.74) is 7.11. The van der Waals surface area contributed by atoms with Gasteiger partial charge in [-0.2, -0.15) is 5.26 Å². The van der Waals surface area contributed by atoms with E-state index in [1.807, 2.05) is 31.2 Å². The molecule has 52 heavy (non-hydrogen) atoms. The second kappa shape index (κ2) is 18.7. The SMILES string of the molecule is CCCC(NCc1cc(Cl)c(OCc2cccc(-c3cccc(OCCCN4CC[C@@H](O)C4)c3C)c2C)cc1OCc1cncc(C#N)c1)C(=O)O. The summed E-state index contributed by atoms with van der Waals surface area (Å²) < 4.78 is 18.8. The van der Waals surface area contributed by atoms with E-state index in [0.717, 1.165) is 66.0 Å². The van der Waals surface area contributed by atoms with Crippen LogP contribution in [0.5, 0.6) is 17.2 Å². The number of ether oxygens (including phenoxy) is 3. The Morgan fingerprint density at radius 3 is 2.52 bits per heavy atom. The lowest BCUT2D eigenvalue weighted by Gasteiger charge is -2.19. The van der Waals surface area contributed by atoms with Gasteiger partial charge in [0.2, 0.25) is 0 Å². The highest BCUT2D eigenvalue weighted by Gasteiger charge is 2.21. The van der Waals surface area contributed by atoms with Crippen molar-refractivity contribution in [3.05, 3.63) is 105 Å². The van der Waals surface area contributed by atoms with Crippen LogP contribution in [-0.4, -0.2) is 64.5 Å². The van der Waals surface area contributed by atoms with Crippen molar-refractivity contribution in [2.75, 3.05) is 26.2 Å². The Hall–Kier alpha value is -4.66. The Labute approximate surface area is 310 Å². The smallest absolute Gasteiger partial charge is 0.320 e. The lowest BCUT2D eigenvalue weighted by atomic mass is 9.93. The number of hydrogen-bond donors (Lipinski definition) is 3. The lowest BCUT2D eigenvalue weighted by molar-refractivity contribution is -0.139. The average molecular weight is 727 g/mol. The zero-order valence-electron chi connectivity index (χ0n) is 30.0. The van der Waals surface area contributed by atoms with Gasteiger partial charge in [-0.05, 0) is 79.1 Å². The molecule has 0 aliphatic carbocycles. The number of carboxylic acids is 1. The molecule has 0 spiro atoms. The fourth-order valence-electron chi connectivity index (χ4n) is 6.42. The first kappa shape index (κ1) is 38.6. The summed E-state index contributed by atoms with van der Waals surface area (Å²) in [5.74, 6) is 0.837. The van der Waals surface area contributed by atoms with Crippen LogP contribution in [0.25, 0.3) is 11.1 Å². The fourth-order valence-corrected chi connectivity index (χ4v) is 6.66. The maximum absolute atomic E-state index is 11.8. The number of benzene rings is 3. The molecule has 1 fully saturated rings. The van der Waals surface area contributed by atoms with Gasteiger partial charge in [-0.1, -0.05) is 55.3 Å². The Kier molecular flexibility index (Phi) is 13.9. The second-order valence-corrected chi connectivity index (χ2v) is 13.6. The molecule has 0 saturated carbocycles. The van der Waals surface area contributed by atoms with Crippen molar-refractivity contribution in [1.29, 1.82) is 5.26 Å². The van der Waals surface area contributed by atoms with Crippen molar-refractivity contribution in [3.63, 3.8) is 0 Å². The number of pyridine rings is 1. The van der Waals surface area contributed by atoms with Crippen molar-refractivity contribution in [2.45, 2.75) is 78.4 Å². The molecule has 274 valence electrons. The highest BCUT2D eigenvalue weighted by molar-refractivity contribution is 6.32. The van der Waals surface area contributed by atoms with Crippen LogP contribution >= 0.6 is 11.6 Å². The first-order chi connectivity index (χ1) is 25.2. The van der Waals surface area contributed by atoms with Gasteiger partial charge < -0.3 is 34.6 Å². The van der Waals surface area contributed by atoms with Crippen LogP contribution in [0, 0.1) is 25.2 Å². The Balaban J connectivity index is 1.31. The van der Waals surface area contributed by atoms with Gasteiger partial charge in [0.05, 0.1) is 23.3 Å². The Morgan fingerprint density at radius 1 is 1.02 bits per heavy atom. The molecular formula is C41H47ClN4O6. The first-order valence-electron chi connectivity index (χ1n) is 17.8. The number of β-amino-alcohol motifs (C(OH)–C–C–N with tert-alkyl or cyclic N) is 1. The van der Waals surface area contributed by atoms with E-state index in [2.05, 4.69) is 47.3 Å². The lowest BCUT2D eigenvalue weighted by Crippen LogP contribution is -2.36. The van der Waals surface area contributed by atoms with Crippen molar-refractivity contribution in [3.8, 4) is 34.4 Å². The number of halogens is 1. The zero-order valence-corrected chi connectivity index (χ0v) is 30.8. The maximum Gasteiger partial charge on any atom is 0.320 e. The first-order valence-corrected chi connectivity index (χ1v) is 18.1. The molecule has 0 amide bonds. The molecule has 0 bridgehead atoms. The molecule has 1 aliphatic rings. The van der Waals surface area contributed by atoms with Gasteiger partial charge in [-0.15, -0.1) is 0 Å². The van der Waals surface area contributed by atoms with Crippen molar-refractivity contribution >= 4 is 17.6 Å². The molecule has 2 atom stereocenters. The topological polar surface area (TPSA) is 137 Å². The minimum Gasteiger partial charge on any atom is -0.493 e. The third kappa shape index (κ3) is 10.2. The van der Waals surface area contributed by atoms with Gasteiger partial charge in [-0.3, -0.25) is 9.78 Å². The number of aliphatic carboxylic acids is 1. The molecule has 5 rings (SSSR count). The van der Waals surface area contributed by atoms with Gasteiger partial charge >= 0.3 is 5.97 Å². The predicted molar refractivity (Wildman–Crippen MR) is 201 cm³/mol. The number of nitrogens with zero attached hydrogens (tertiary/aromatic N) is 3. The molecule has 3 aromatic carbocycles. The molecule has 1 saturated heterocycles. The summed E-state index contributed by atoms with van der Waals surface area (Å²) in [6.07, 6.45) is 5.83. The van der Waals surface area contributed by atoms with E-state index in [4.69, 9.17) is 25.8 Å². The quantitative estimate of drug-likeness (QED) is 0.0901. The van der Waals surface area contributed by atoms with Crippen LogP contribution in [0.2, 0.25) is 5.02 Å². The molecule has 1 unspecified atom stereocenters. The van der Waals surface area contributed by atoms with Crippen LogP contribution in [0.3, 0.4) is 0 Å². The van der Waals surface area contributed by atoms with Crippen molar-refractivity contribution in [2.24, 2.45) is 0 Å². The summed E-state index contributed by atoms with van der Waals surface area (Å²) >= 11 is 6.77. The number of nitriles is 1. The highest BCUT2D eigenvalue weighted by Crippen LogP contribution is 2.36. The van der Waals surface area contributed by atoms with Crippen LogP contribution in [0.1, 0.15) is 66.0 Å². The van der Waals surface area contributed by atoms with Crippen LogP contribution < -0.4 is 19.5 Å². The maximum atomic E-state index is 11.8. The molecule has 4 aromatic rings. The number of nitrogens with one attached hydrogen (secondary N) is 1. The minimum absolute atomic E-state index is 0.139. The second-order valence-electron chi connectivity index (χ2n) is 13.2. The summed E-state index contributed by atoms with van der Waals surface area (Å²) in [6.45, 7) is 9.89. The number of aromatic nitrogens is 1. The van der Waals surface area contributed by atoms with E-state index in [-0.39, 0.29) is 25.9 Å². The average Bonchev–Trinajstić information content (AvgIpc) is 3.56. The number of rotatable bonds is 18. The molecule has 10 nitrogen and oxygen atoms in total. The van der Waals surface area contributed by atoms with Gasteiger partial charge in [0.15, 0.2) is 0 Å². The standard InChI is InChI=1S/C41H47ClN4O6/c1-4-8-37(41(48)49)45-23-32-18-36(42)40(19-39(32)51-25-30-17-29(20-43)21-44-22-30)52-26-31-9-5-10-34(27(31)2)35-11-6-12-38(28(35)3)50-16-7-14-46-15-13-33(47)24-46/h5-6,9-12,17-19,21-22,33,37,45,47H,4,7-8,13-16,23-26H2,1-3H3,(H,48,49)/t33-,37?/m1/s1. The van der Waals surface area contributed by atoms with E-state index in [9.17, 15) is 20.3 Å². The zero-order chi connectivity index (χ0) is 37.0. The van der Waals surface area contributed by atoms with Crippen molar-refractivity contribution in [1.82, 2.24) is 15.2 Å². The summed E-state index contributed by atoms with van der Waals surface area (Å²) in [7, 11) is 0. The largest absolute Gasteiger partial charge is 0.493 e. The van der Waals surface area contributed by atoms with Crippen LogP contribution in [0.4, 0.5) is 0 Å². The highest BCUT2D eigenvalue weighted by atomic mass is 35.5. The van der Waals surface area contributed by atoms with Gasteiger partial charge in [-0.25, -0.2) is 0 Å². The summed E-state index contributed by atoms with van der Waals surface area (Å²) in [6, 6.07) is 18.8. The van der Waals surface area contributed by atoms with E-state index < -0.39 is 12.0 Å². The summed E-state index contributed by atoms with van der Waals surface area (Å²) in [5, 5.41) is 32.2. The van der Waals surface area contributed by atoms with Crippen LogP contribution in [-0.2, 0) is 24.6 Å². The molecule has 1 aromatic heterocycles. The van der Waals surface area contributed by atoms with Crippen molar-refractivity contribution < 1.29 is 29.2 Å². The molecular weight excluding hydrogens is 680 g/mol. The van der Waals surface area contributed by atoms with E-state index in [1.165, 1.54) is 6.20 Å².